The van der Waals surface area contributed by atoms with Crippen molar-refractivity contribution in [3.63, 3.8) is 0 Å². The molecule has 0 radical (unpaired) electrons. The Kier molecular flexibility index (Phi) is 6.68. The minimum Gasteiger partial charge on any atom is -0.385 e. The summed E-state index contributed by atoms with van der Waals surface area (Å²) in [7, 11) is 1.71. The Hall–Kier alpha value is -3.11. The van der Waals surface area contributed by atoms with E-state index in [1.165, 1.54) is 17.7 Å². The van der Waals surface area contributed by atoms with E-state index in [0.29, 0.717) is 23.8 Å². The van der Waals surface area contributed by atoms with E-state index in [1.54, 1.807) is 19.2 Å². The topological polar surface area (TPSA) is 22.1 Å². The Balaban J connectivity index is 1.50. The van der Waals surface area contributed by atoms with Gasteiger partial charge in [0.25, 0.3) is 0 Å². The van der Waals surface area contributed by atoms with E-state index >= 15 is 4.39 Å². The highest BCUT2D eigenvalue weighted by Gasteiger charge is 2.10. The molecular weight excluding hydrogens is 392 g/mol. The van der Waals surface area contributed by atoms with Gasteiger partial charge in [-0.25, -0.2) is 8.78 Å². The van der Waals surface area contributed by atoms with Crippen molar-refractivity contribution in [2.24, 2.45) is 0 Å². The van der Waals surface area contributed by atoms with Crippen LogP contribution in [0.25, 0.3) is 22.0 Å². The van der Waals surface area contributed by atoms with Gasteiger partial charge in [-0.3, -0.25) is 4.98 Å². The molecule has 0 aliphatic heterocycles. The lowest BCUT2D eigenvalue weighted by atomic mass is 9.98. The monoisotopic (exact) mass is 417 g/mol. The van der Waals surface area contributed by atoms with Crippen LogP contribution in [0, 0.1) is 11.6 Å². The third kappa shape index (κ3) is 5.15. The number of ether oxygens (including phenoxy) is 1. The van der Waals surface area contributed by atoms with Crippen molar-refractivity contribution in [1.82, 2.24) is 4.98 Å². The van der Waals surface area contributed by atoms with Crippen LogP contribution in [0.4, 0.5) is 8.78 Å². The minimum atomic E-state index is -0.258. The fraction of sp³-hybridized carbons (Fsp3) is 0.222. The summed E-state index contributed by atoms with van der Waals surface area (Å²) in [5.41, 5.74) is 4.68. The van der Waals surface area contributed by atoms with Gasteiger partial charge < -0.3 is 4.74 Å². The Bertz CT molecular complexity index is 1150. The standard InChI is InChI=1S/C27H25F2NO/c1-31-16-2-3-20-7-15-26(30-18-20)23-11-14-25-22(17-23)10-9-21(27(25)29)8-4-19-5-12-24(28)13-6-19/h5-7,9-15,17-18H,2-4,8,16H2,1H3. The lowest BCUT2D eigenvalue weighted by molar-refractivity contribution is 0.195. The second-order valence-corrected chi connectivity index (χ2v) is 7.75. The summed E-state index contributed by atoms with van der Waals surface area (Å²) in [5.74, 6) is -0.445. The summed E-state index contributed by atoms with van der Waals surface area (Å²) < 4.78 is 33.2. The lowest BCUT2D eigenvalue weighted by Crippen LogP contribution is -1.96. The molecule has 31 heavy (non-hydrogen) atoms. The van der Waals surface area contributed by atoms with Crippen molar-refractivity contribution in [2.45, 2.75) is 25.7 Å². The quantitative estimate of drug-likeness (QED) is 0.304. The number of methoxy groups -OCH3 is 1. The molecule has 1 aromatic heterocycles. The molecule has 0 N–H and O–H groups in total. The molecule has 0 fully saturated rings. The molecule has 2 nitrogen and oxygen atoms in total. The Labute approximate surface area is 181 Å². The largest absolute Gasteiger partial charge is 0.385 e. The summed E-state index contributed by atoms with van der Waals surface area (Å²) in [4.78, 5) is 4.58. The van der Waals surface area contributed by atoms with Gasteiger partial charge in [-0.15, -0.1) is 0 Å². The molecule has 0 atom stereocenters. The van der Waals surface area contributed by atoms with Crippen LogP contribution < -0.4 is 0 Å². The van der Waals surface area contributed by atoms with Gasteiger partial charge in [0, 0.05) is 30.9 Å². The zero-order valence-electron chi connectivity index (χ0n) is 17.6. The smallest absolute Gasteiger partial charge is 0.134 e. The van der Waals surface area contributed by atoms with Crippen molar-refractivity contribution in [2.75, 3.05) is 13.7 Å². The first kappa shape index (κ1) is 21.1. The molecule has 0 bridgehead atoms. The van der Waals surface area contributed by atoms with Crippen molar-refractivity contribution < 1.29 is 13.5 Å². The van der Waals surface area contributed by atoms with Gasteiger partial charge in [-0.05, 0) is 72.0 Å². The SMILES string of the molecule is COCCCc1ccc(-c2ccc3c(F)c(CCc4ccc(F)cc4)ccc3c2)nc1. The summed E-state index contributed by atoms with van der Waals surface area (Å²) in [6.07, 6.45) is 5.04. The van der Waals surface area contributed by atoms with Crippen molar-refractivity contribution in [1.29, 1.82) is 0 Å². The summed E-state index contributed by atoms with van der Waals surface area (Å²) in [6.45, 7) is 0.740. The number of aromatic nitrogens is 1. The Morgan fingerprint density at radius 1 is 0.806 bits per heavy atom. The van der Waals surface area contributed by atoms with Crippen LogP contribution in [0.3, 0.4) is 0 Å². The van der Waals surface area contributed by atoms with Crippen LogP contribution in [-0.2, 0) is 24.0 Å². The second-order valence-electron chi connectivity index (χ2n) is 7.75. The molecule has 0 aliphatic carbocycles. The number of hydrogen-bond donors (Lipinski definition) is 0. The van der Waals surface area contributed by atoms with E-state index in [4.69, 9.17) is 4.74 Å². The second kappa shape index (κ2) is 9.80. The molecule has 0 saturated carbocycles. The Morgan fingerprint density at radius 2 is 1.61 bits per heavy atom. The van der Waals surface area contributed by atoms with Gasteiger partial charge in [-0.2, -0.15) is 0 Å². The number of rotatable bonds is 8. The van der Waals surface area contributed by atoms with Crippen molar-refractivity contribution >= 4 is 10.8 Å². The molecule has 4 heteroatoms. The molecular formula is C27H25F2NO. The van der Waals surface area contributed by atoms with E-state index in [0.717, 1.165) is 41.7 Å². The first-order valence-electron chi connectivity index (χ1n) is 10.5. The first-order chi connectivity index (χ1) is 15.1. The molecule has 3 aromatic carbocycles. The van der Waals surface area contributed by atoms with E-state index in [9.17, 15) is 4.39 Å². The van der Waals surface area contributed by atoms with Crippen LogP contribution in [0.15, 0.2) is 72.9 Å². The Morgan fingerprint density at radius 3 is 2.35 bits per heavy atom. The van der Waals surface area contributed by atoms with Gasteiger partial charge in [0.05, 0.1) is 5.69 Å². The highest BCUT2D eigenvalue weighted by atomic mass is 19.1. The molecule has 0 aliphatic rings. The number of pyridine rings is 1. The number of aryl methyl sites for hydroxylation is 3. The van der Waals surface area contributed by atoms with E-state index < -0.39 is 0 Å². The highest BCUT2D eigenvalue weighted by molar-refractivity contribution is 5.88. The number of benzene rings is 3. The van der Waals surface area contributed by atoms with Crippen molar-refractivity contribution in [3.05, 3.63) is 101 Å². The van der Waals surface area contributed by atoms with E-state index in [-0.39, 0.29) is 11.6 Å². The van der Waals surface area contributed by atoms with Gasteiger partial charge in [0.2, 0.25) is 0 Å². The molecule has 0 saturated heterocycles. The summed E-state index contributed by atoms with van der Waals surface area (Å²) in [5, 5.41) is 1.46. The highest BCUT2D eigenvalue weighted by Crippen LogP contribution is 2.27. The number of halogens is 2. The maximum Gasteiger partial charge on any atom is 0.134 e. The minimum absolute atomic E-state index is 0.187. The average Bonchev–Trinajstić information content (AvgIpc) is 2.80. The van der Waals surface area contributed by atoms with Crippen LogP contribution in [-0.4, -0.2) is 18.7 Å². The molecule has 158 valence electrons. The van der Waals surface area contributed by atoms with Crippen LogP contribution in [0.1, 0.15) is 23.1 Å². The molecule has 4 rings (SSSR count). The molecule has 0 spiro atoms. The summed E-state index contributed by atoms with van der Waals surface area (Å²) in [6, 6.07) is 20.0. The molecule has 1 heterocycles. The summed E-state index contributed by atoms with van der Waals surface area (Å²) >= 11 is 0. The zero-order valence-corrected chi connectivity index (χ0v) is 17.6. The zero-order chi connectivity index (χ0) is 21.6. The normalized spacial score (nSPS) is 11.2. The average molecular weight is 417 g/mol. The molecule has 4 aromatic rings. The van der Waals surface area contributed by atoms with Crippen LogP contribution in [0.5, 0.6) is 0 Å². The maximum absolute atomic E-state index is 15.1. The number of fused-ring (bicyclic) bond motifs is 1. The van der Waals surface area contributed by atoms with Gasteiger partial charge >= 0.3 is 0 Å². The predicted octanol–water partition coefficient (Wildman–Crippen LogP) is 6.54. The third-order valence-corrected chi connectivity index (χ3v) is 5.56. The fourth-order valence-corrected chi connectivity index (χ4v) is 3.78. The van der Waals surface area contributed by atoms with Crippen LogP contribution >= 0.6 is 0 Å². The maximum atomic E-state index is 15.1. The third-order valence-electron chi connectivity index (χ3n) is 5.56. The molecule has 0 amide bonds. The lowest BCUT2D eigenvalue weighted by Gasteiger charge is -2.09. The van der Waals surface area contributed by atoms with E-state index in [1.807, 2.05) is 42.6 Å². The van der Waals surface area contributed by atoms with Gasteiger partial charge in [0.15, 0.2) is 0 Å². The van der Waals surface area contributed by atoms with Crippen molar-refractivity contribution in [3.8, 4) is 11.3 Å². The van der Waals surface area contributed by atoms with Crippen LogP contribution in [0.2, 0.25) is 0 Å². The predicted molar refractivity (Wildman–Crippen MR) is 121 cm³/mol. The van der Waals surface area contributed by atoms with E-state index in [2.05, 4.69) is 11.1 Å². The number of hydrogen-bond acceptors (Lipinski definition) is 2. The fourth-order valence-electron chi connectivity index (χ4n) is 3.78. The van der Waals surface area contributed by atoms with Gasteiger partial charge in [0.1, 0.15) is 11.6 Å². The molecule has 0 unspecified atom stereocenters. The first-order valence-corrected chi connectivity index (χ1v) is 10.5. The van der Waals surface area contributed by atoms with Gasteiger partial charge in [-0.1, -0.05) is 42.5 Å². The number of nitrogens with zero attached hydrogens (tertiary/aromatic N) is 1.